The van der Waals surface area contributed by atoms with Gasteiger partial charge in [-0.2, -0.15) is 5.10 Å². The fourth-order valence-corrected chi connectivity index (χ4v) is 2.99. The van der Waals surface area contributed by atoms with Crippen LogP contribution in [0.2, 0.25) is 0 Å². The summed E-state index contributed by atoms with van der Waals surface area (Å²) in [5.74, 6) is 1.50. The van der Waals surface area contributed by atoms with E-state index in [1.165, 1.54) is 0 Å². The molecule has 0 fully saturated rings. The van der Waals surface area contributed by atoms with E-state index in [1.54, 1.807) is 12.4 Å². The van der Waals surface area contributed by atoms with E-state index in [2.05, 4.69) is 33.5 Å². The van der Waals surface area contributed by atoms with Crippen molar-refractivity contribution >= 4 is 16.7 Å². The number of hydrogen-bond acceptors (Lipinski definition) is 5. The Morgan fingerprint density at radius 2 is 2.00 bits per heavy atom. The lowest BCUT2D eigenvalue weighted by Crippen LogP contribution is -2.19. The third kappa shape index (κ3) is 3.39. The summed E-state index contributed by atoms with van der Waals surface area (Å²) in [4.78, 5) is 13.6. The summed E-state index contributed by atoms with van der Waals surface area (Å²) >= 11 is 0. The molecule has 1 aromatic carbocycles. The number of aryl methyl sites for hydroxylation is 1. The Hall–Kier alpha value is -3.28. The molecule has 0 aliphatic heterocycles. The first-order valence-electron chi connectivity index (χ1n) is 8.63. The molecule has 6 heteroatoms. The van der Waals surface area contributed by atoms with Crippen molar-refractivity contribution in [1.29, 1.82) is 0 Å². The van der Waals surface area contributed by atoms with E-state index >= 15 is 0 Å². The number of fused-ring (bicyclic) bond motifs is 1. The van der Waals surface area contributed by atoms with Crippen molar-refractivity contribution < 1.29 is 0 Å². The SMILES string of the molecule is Cc1cc(CC(C)Nc2nc(-c3cccnc3)nc3ccccc23)n[nH]1. The van der Waals surface area contributed by atoms with Gasteiger partial charge in [0.1, 0.15) is 5.82 Å². The van der Waals surface area contributed by atoms with E-state index in [0.29, 0.717) is 5.82 Å². The van der Waals surface area contributed by atoms with E-state index < -0.39 is 0 Å². The van der Waals surface area contributed by atoms with Crippen LogP contribution in [0.4, 0.5) is 5.82 Å². The number of aromatic amines is 1. The van der Waals surface area contributed by atoms with Crippen LogP contribution in [0.25, 0.3) is 22.3 Å². The Kier molecular flexibility index (Phi) is 4.31. The molecule has 3 aromatic heterocycles. The minimum Gasteiger partial charge on any atom is -0.367 e. The van der Waals surface area contributed by atoms with Crippen LogP contribution >= 0.6 is 0 Å². The zero-order chi connectivity index (χ0) is 17.9. The smallest absolute Gasteiger partial charge is 0.163 e. The Morgan fingerprint density at radius 1 is 1.12 bits per heavy atom. The quantitative estimate of drug-likeness (QED) is 0.576. The van der Waals surface area contributed by atoms with Gasteiger partial charge in [-0.25, -0.2) is 9.97 Å². The Balaban J connectivity index is 1.68. The lowest BCUT2D eigenvalue weighted by atomic mass is 10.1. The number of H-pyrrole nitrogens is 1. The summed E-state index contributed by atoms with van der Waals surface area (Å²) in [6.07, 6.45) is 4.34. The number of nitrogens with zero attached hydrogens (tertiary/aromatic N) is 4. The monoisotopic (exact) mass is 344 g/mol. The highest BCUT2D eigenvalue weighted by Gasteiger charge is 2.13. The second-order valence-electron chi connectivity index (χ2n) is 6.45. The first-order valence-corrected chi connectivity index (χ1v) is 8.63. The van der Waals surface area contributed by atoms with Gasteiger partial charge < -0.3 is 5.32 Å². The van der Waals surface area contributed by atoms with Crippen LogP contribution in [0.5, 0.6) is 0 Å². The standard InChI is InChI=1S/C20H20N6/c1-13(10-16-11-14(2)25-26-16)22-20-17-7-3-4-8-18(17)23-19(24-20)15-6-5-9-21-12-15/h3-9,11-13H,10H2,1-2H3,(H,25,26)(H,22,23,24). The second-order valence-corrected chi connectivity index (χ2v) is 6.45. The fourth-order valence-electron chi connectivity index (χ4n) is 2.99. The van der Waals surface area contributed by atoms with E-state index in [1.807, 2.05) is 43.3 Å². The third-order valence-electron chi connectivity index (χ3n) is 4.18. The molecule has 3 heterocycles. The van der Waals surface area contributed by atoms with Crippen molar-refractivity contribution in [1.82, 2.24) is 25.1 Å². The van der Waals surface area contributed by atoms with Crippen LogP contribution in [-0.4, -0.2) is 31.2 Å². The summed E-state index contributed by atoms with van der Waals surface area (Å²) < 4.78 is 0. The number of rotatable bonds is 5. The minimum atomic E-state index is 0.178. The molecule has 0 radical (unpaired) electrons. The van der Waals surface area contributed by atoms with Crippen LogP contribution < -0.4 is 5.32 Å². The summed E-state index contributed by atoms with van der Waals surface area (Å²) in [7, 11) is 0. The second kappa shape index (κ2) is 6.92. The molecular formula is C20H20N6. The summed E-state index contributed by atoms with van der Waals surface area (Å²) in [5, 5.41) is 11.8. The van der Waals surface area contributed by atoms with Crippen molar-refractivity contribution in [3.8, 4) is 11.4 Å². The van der Waals surface area contributed by atoms with Crippen molar-refractivity contribution in [3.63, 3.8) is 0 Å². The van der Waals surface area contributed by atoms with Crippen LogP contribution in [0.3, 0.4) is 0 Å². The van der Waals surface area contributed by atoms with Gasteiger partial charge in [0, 0.05) is 41.5 Å². The number of nitrogens with one attached hydrogen (secondary N) is 2. The maximum Gasteiger partial charge on any atom is 0.163 e. The average Bonchev–Trinajstić information content (AvgIpc) is 3.07. The lowest BCUT2D eigenvalue weighted by Gasteiger charge is -2.16. The van der Waals surface area contributed by atoms with Crippen molar-refractivity contribution in [2.24, 2.45) is 0 Å². The van der Waals surface area contributed by atoms with Crippen molar-refractivity contribution in [2.45, 2.75) is 26.3 Å². The van der Waals surface area contributed by atoms with Gasteiger partial charge in [-0.3, -0.25) is 10.1 Å². The molecule has 1 unspecified atom stereocenters. The molecule has 0 bridgehead atoms. The number of pyridine rings is 1. The first-order chi connectivity index (χ1) is 12.7. The van der Waals surface area contributed by atoms with E-state index in [9.17, 15) is 0 Å². The van der Waals surface area contributed by atoms with Gasteiger partial charge in [-0.15, -0.1) is 0 Å². The zero-order valence-electron chi connectivity index (χ0n) is 14.8. The molecule has 0 saturated carbocycles. The molecule has 4 rings (SSSR count). The highest BCUT2D eigenvalue weighted by atomic mass is 15.1. The van der Waals surface area contributed by atoms with Gasteiger partial charge in [-0.1, -0.05) is 12.1 Å². The molecule has 4 aromatic rings. The molecular weight excluding hydrogens is 324 g/mol. The number of aromatic nitrogens is 5. The Bertz CT molecular complexity index is 1020. The van der Waals surface area contributed by atoms with Crippen LogP contribution in [0, 0.1) is 6.92 Å². The zero-order valence-corrected chi connectivity index (χ0v) is 14.8. The molecule has 130 valence electrons. The normalized spacial score (nSPS) is 12.2. The predicted molar refractivity (Wildman–Crippen MR) is 103 cm³/mol. The maximum atomic E-state index is 4.77. The topological polar surface area (TPSA) is 79.4 Å². The average molecular weight is 344 g/mol. The Morgan fingerprint density at radius 3 is 2.77 bits per heavy atom. The first kappa shape index (κ1) is 16.2. The highest BCUT2D eigenvalue weighted by molar-refractivity contribution is 5.90. The molecule has 1 atom stereocenters. The molecule has 0 aliphatic carbocycles. The molecule has 0 aliphatic rings. The van der Waals surface area contributed by atoms with Gasteiger partial charge in [0.15, 0.2) is 5.82 Å². The summed E-state index contributed by atoms with van der Waals surface area (Å²) in [6.45, 7) is 4.14. The lowest BCUT2D eigenvalue weighted by molar-refractivity contribution is 0.761. The van der Waals surface area contributed by atoms with Crippen molar-refractivity contribution in [3.05, 3.63) is 66.2 Å². The number of hydrogen-bond donors (Lipinski definition) is 2. The van der Waals surface area contributed by atoms with Gasteiger partial charge in [0.05, 0.1) is 11.2 Å². The van der Waals surface area contributed by atoms with Crippen LogP contribution in [0.1, 0.15) is 18.3 Å². The maximum absolute atomic E-state index is 4.77. The van der Waals surface area contributed by atoms with Crippen molar-refractivity contribution in [2.75, 3.05) is 5.32 Å². The minimum absolute atomic E-state index is 0.178. The molecule has 6 nitrogen and oxygen atoms in total. The molecule has 0 saturated heterocycles. The van der Waals surface area contributed by atoms with Crippen LogP contribution in [-0.2, 0) is 6.42 Å². The number of para-hydroxylation sites is 1. The summed E-state index contributed by atoms with van der Waals surface area (Å²) in [6, 6.07) is 14.1. The fraction of sp³-hybridized carbons (Fsp3) is 0.200. The van der Waals surface area contributed by atoms with Gasteiger partial charge in [0.25, 0.3) is 0 Å². The van der Waals surface area contributed by atoms with E-state index in [-0.39, 0.29) is 6.04 Å². The Labute approximate surface area is 151 Å². The highest BCUT2D eigenvalue weighted by Crippen LogP contribution is 2.25. The van der Waals surface area contributed by atoms with Gasteiger partial charge in [-0.05, 0) is 44.2 Å². The summed E-state index contributed by atoms with van der Waals surface area (Å²) in [5.41, 5.74) is 3.91. The number of anilines is 1. The molecule has 26 heavy (non-hydrogen) atoms. The molecule has 0 spiro atoms. The largest absolute Gasteiger partial charge is 0.367 e. The van der Waals surface area contributed by atoms with Gasteiger partial charge in [0.2, 0.25) is 0 Å². The van der Waals surface area contributed by atoms with Crippen LogP contribution in [0.15, 0.2) is 54.9 Å². The third-order valence-corrected chi connectivity index (χ3v) is 4.18. The van der Waals surface area contributed by atoms with Gasteiger partial charge >= 0.3 is 0 Å². The predicted octanol–water partition coefficient (Wildman–Crippen LogP) is 3.77. The number of benzene rings is 1. The molecule has 2 N–H and O–H groups in total. The van der Waals surface area contributed by atoms with E-state index in [4.69, 9.17) is 9.97 Å². The molecule has 0 amide bonds. The van der Waals surface area contributed by atoms with E-state index in [0.717, 1.165) is 40.1 Å².